The van der Waals surface area contributed by atoms with Crippen LogP contribution in [0.5, 0.6) is 5.75 Å². The number of carbonyl (C=O) groups is 1. The standard InChI is InChI=1S/C18H13Cl3N2O2.ClH/c1-11-8-12(19)3-5-16(11)25-18(23-7-6-22-10-23)17(24)14-4-2-13(20)9-15(14)21;/h2-10,18H,1H3;1H. The Labute approximate surface area is 172 Å². The van der Waals surface area contributed by atoms with Gasteiger partial charge in [0.1, 0.15) is 5.75 Å². The Morgan fingerprint density at radius 3 is 2.42 bits per heavy atom. The van der Waals surface area contributed by atoms with Crippen LogP contribution in [-0.2, 0) is 0 Å². The molecule has 1 aromatic heterocycles. The van der Waals surface area contributed by atoms with Crippen molar-refractivity contribution in [1.82, 2.24) is 9.55 Å². The molecule has 1 atom stereocenters. The molecule has 136 valence electrons. The summed E-state index contributed by atoms with van der Waals surface area (Å²) in [7, 11) is 0. The average Bonchev–Trinajstić information content (AvgIpc) is 3.08. The minimum atomic E-state index is -0.957. The van der Waals surface area contributed by atoms with Crippen molar-refractivity contribution in [3.8, 4) is 5.75 Å². The molecule has 26 heavy (non-hydrogen) atoms. The first-order chi connectivity index (χ1) is 12.0. The summed E-state index contributed by atoms with van der Waals surface area (Å²) in [5.41, 5.74) is 1.13. The van der Waals surface area contributed by atoms with Crippen molar-refractivity contribution in [1.29, 1.82) is 0 Å². The van der Waals surface area contributed by atoms with E-state index in [1.54, 1.807) is 47.3 Å². The van der Waals surface area contributed by atoms with Crippen molar-refractivity contribution in [2.75, 3.05) is 0 Å². The zero-order chi connectivity index (χ0) is 18.0. The number of nitrogens with zero attached hydrogens (tertiary/aromatic N) is 2. The van der Waals surface area contributed by atoms with E-state index < -0.39 is 6.23 Å². The maximum atomic E-state index is 13.0. The van der Waals surface area contributed by atoms with Gasteiger partial charge in [-0.05, 0) is 48.9 Å². The van der Waals surface area contributed by atoms with Gasteiger partial charge >= 0.3 is 0 Å². The van der Waals surface area contributed by atoms with Crippen LogP contribution in [0.15, 0.2) is 55.1 Å². The van der Waals surface area contributed by atoms with Crippen molar-refractivity contribution in [3.05, 3.63) is 81.3 Å². The highest BCUT2D eigenvalue weighted by Gasteiger charge is 2.26. The molecular weight excluding hydrogens is 418 g/mol. The third-order valence-electron chi connectivity index (χ3n) is 3.59. The van der Waals surface area contributed by atoms with Gasteiger partial charge in [0.25, 0.3) is 0 Å². The van der Waals surface area contributed by atoms with Crippen LogP contribution in [0.1, 0.15) is 22.1 Å². The largest absolute Gasteiger partial charge is 0.462 e. The average molecular weight is 432 g/mol. The number of halogens is 4. The molecule has 8 heteroatoms. The first-order valence-corrected chi connectivity index (χ1v) is 8.48. The Bertz CT molecular complexity index is 914. The Morgan fingerprint density at radius 2 is 1.81 bits per heavy atom. The zero-order valence-corrected chi connectivity index (χ0v) is 16.6. The molecule has 0 aliphatic rings. The number of benzene rings is 2. The van der Waals surface area contributed by atoms with E-state index in [4.69, 9.17) is 39.5 Å². The maximum absolute atomic E-state index is 13.0. The molecule has 0 N–H and O–H groups in total. The molecule has 3 rings (SSSR count). The number of hydrogen-bond donors (Lipinski definition) is 0. The van der Waals surface area contributed by atoms with Gasteiger partial charge in [0.2, 0.25) is 12.0 Å². The van der Waals surface area contributed by atoms with E-state index in [1.807, 2.05) is 6.92 Å². The zero-order valence-electron chi connectivity index (χ0n) is 13.5. The van der Waals surface area contributed by atoms with Gasteiger partial charge in [-0.2, -0.15) is 0 Å². The number of ketones is 1. The molecule has 2 aromatic carbocycles. The number of imidazole rings is 1. The molecule has 1 heterocycles. The number of hydrogen-bond acceptors (Lipinski definition) is 3. The smallest absolute Gasteiger partial charge is 0.241 e. The summed E-state index contributed by atoms with van der Waals surface area (Å²) < 4.78 is 7.54. The fourth-order valence-electron chi connectivity index (χ4n) is 2.35. The molecule has 0 fully saturated rings. The number of carbonyl (C=O) groups excluding carboxylic acids is 1. The lowest BCUT2D eigenvalue weighted by Gasteiger charge is -2.21. The van der Waals surface area contributed by atoms with Crippen molar-refractivity contribution < 1.29 is 9.53 Å². The van der Waals surface area contributed by atoms with Gasteiger partial charge in [0.05, 0.1) is 11.3 Å². The van der Waals surface area contributed by atoms with Crippen LogP contribution in [0, 0.1) is 6.92 Å². The fourth-order valence-corrected chi connectivity index (χ4v) is 3.07. The van der Waals surface area contributed by atoms with Crippen LogP contribution in [0.25, 0.3) is 0 Å². The van der Waals surface area contributed by atoms with Gasteiger partial charge in [-0.25, -0.2) is 4.98 Å². The minimum Gasteiger partial charge on any atom is -0.462 e. The van der Waals surface area contributed by atoms with Crippen molar-refractivity contribution >= 4 is 53.0 Å². The molecule has 1 unspecified atom stereocenters. The Morgan fingerprint density at radius 1 is 1.12 bits per heavy atom. The first kappa shape index (κ1) is 20.6. The highest BCUT2D eigenvalue weighted by molar-refractivity contribution is 6.37. The monoisotopic (exact) mass is 430 g/mol. The second-order valence-electron chi connectivity index (χ2n) is 5.38. The van der Waals surface area contributed by atoms with Crippen LogP contribution >= 0.6 is 47.2 Å². The molecule has 0 aliphatic heterocycles. The third-order valence-corrected chi connectivity index (χ3v) is 4.38. The topological polar surface area (TPSA) is 44.1 Å². The molecule has 0 amide bonds. The third kappa shape index (κ3) is 4.51. The predicted octanol–water partition coefficient (Wildman–Crippen LogP) is 6.03. The quantitative estimate of drug-likeness (QED) is 0.463. The lowest BCUT2D eigenvalue weighted by molar-refractivity contribution is 0.0652. The van der Waals surface area contributed by atoms with Crippen LogP contribution in [-0.4, -0.2) is 15.3 Å². The van der Waals surface area contributed by atoms with Gasteiger partial charge in [-0.15, -0.1) is 12.4 Å². The first-order valence-electron chi connectivity index (χ1n) is 7.35. The number of aromatic nitrogens is 2. The van der Waals surface area contributed by atoms with Crippen molar-refractivity contribution in [2.45, 2.75) is 13.2 Å². The lowest BCUT2D eigenvalue weighted by Crippen LogP contribution is -2.25. The minimum absolute atomic E-state index is 0. The molecule has 0 bridgehead atoms. The summed E-state index contributed by atoms with van der Waals surface area (Å²) in [6.07, 6.45) is 3.78. The Balaban J connectivity index is 0.00000243. The van der Waals surface area contributed by atoms with E-state index in [2.05, 4.69) is 4.98 Å². The van der Waals surface area contributed by atoms with Crippen LogP contribution in [0.3, 0.4) is 0 Å². The molecule has 0 spiro atoms. The lowest BCUT2D eigenvalue weighted by atomic mass is 10.1. The molecule has 0 aliphatic carbocycles. The fraction of sp³-hybridized carbons (Fsp3) is 0.111. The summed E-state index contributed by atoms with van der Waals surface area (Å²) in [6.45, 7) is 1.85. The van der Waals surface area contributed by atoms with E-state index in [0.29, 0.717) is 21.4 Å². The Hall–Kier alpha value is -1.72. The molecule has 0 saturated heterocycles. The number of Topliss-reactive ketones (excluding diaryl/α,β-unsaturated/α-hetero) is 1. The van der Waals surface area contributed by atoms with Gasteiger partial charge < -0.3 is 4.74 Å². The van der Waals surface area contributed by atoms with Gasteiger partial charge in [0.15, 0.2) is 0 Å². The summed E-state index contributed by atoms with van der Waals surface area (Å²) in [5, 5.41) is 1.31. The molecular formula is C18H14Cl4N2O2. The highest BCUT2D eigenvalue weighted by Crippen LogP contribution is 2.29. The summed E-state index contributed by atoms with van der Waals surface area (Å²) >= 11 is 18.1. The molecule has 4 nitrogen and oxygen atoms in total. The second kappa shape index (κ2) is 8.78. The number of aryl methyl sites for hydroxylation is 1. The van der Waals surface area contributed by atoms with E-state index >= 15 is 0 Å². The van der Waals surface area contributed by atoms with Crippen LogP contribution < -0.4 is 4.74 Å². The van der Waals surface area contributed by atoms with E-state index in [-0.39, 0.29) is 23.2 Å². The van der Waals surface area contributed by atoms with E-state index in [0.717, 1.165) is 5.56 Å². The summed E-state index contributed by atoms with van der Waals surface area (Å²) in [5.74, 6) is 0.232. The Kier molecular flexibility index (Phi) is 6.95. The van der Waals surface area contributed by atoms with Crippen molar-refractivity contribution in [3.63, 3.8) is 0 Å². The highest BCUT2D eigenvalue weighted by atomic mass is 35.5. The predicted molar refractivity (Wildman–Crippen MR) is 106 cm³/mol. The molecule has 0 radical (unpaired) electrons. The van der Waals surface area contributed by atoms with Crippen LogP contribution in [0.2, 0.25) is 15.1 Å². The number of ether oxygens (including phenoxy) is 1. The van der Waals surface area contributed by atoms with Crippen molar-refractivity contribution in [2.24, 2.45) is 0 Å². The van der Waals surface area contributed by atoms with E-state index in [1.165, 1.54) is 12.4 Å². The van der Waals surface area contributed by atoms with Crippen LogP contribution in [0.4, 0.5) is 0 Å². The molecule has 3 aromatic rings. The van der Waals surface area contributed by atoms with Gasteiger partial charge in [-0.1, -0.05) is 34.8 Å². The normalized spacial score (nSPS) is 11.5. The number of rotatable bonds is 5. The van der Waals surface area contributed by atoms with E-state index in [9.17, 15) is 4.79 Å². The summed E-state index contributed by atoms with van der Waals surface area (Å²) in [6, 6.07) is 9.90. The second-order valence-corrected chi connectivity index (χ2v) is 6.66. The van der Waals surface area contributed by atoms with Gasteiger partial charge in [-0.3, -0.25) is 9.36 Å². The maximum Gasteiger partial charge on any atom is 0.241 e. The SMILES string of the molecule is Cc1cc(Cl)ccc1OC(C(=O)c1ccc(Cl)cc1Cl)n1ccnc1.Cl. The molecule has 0 saturated carbocycles. The van der Waals surface area contributed by atoms with Gasteiger partial charge in [0, 0.05) is 28.0 Å². The summed E-state index contributed by atoms with van der Waals surface area (Å²) in [4.78, 5) is 17.0.